The van der Waals surface area contributed by atoms with E-state index in [1.165, 1.54) is 0 Å². The fourth-order valence-corrected chi connectivity index (χ4v) is 3.49. The molecular weight excluding hydrogens is 552 g/mol. The predicted octanol–water partition coefficient (Wildman–Crippen LogP) is 9.53. The molecule has 0 aliphatic rings. The minimum Gasteiger partial charge on any atom is -0.459 e. The van der Waals surface area contributed by atoms with Gasteiger partial charge in [0.15, 0.2) is 0 Å². The first-order valence-corrected chi connectivity index (χ1v) is 14.0. The fraction of sp³-hybridized carbons (Fsp3) is 0.158. The summed E-state index contributed by atoms with van der Waals surface area (Å²) < 4.78 is 22.1. The third-order valence-corrected chi connectivity index (χ3v) is 6.36. The van der Waals surface area contributed by atoms with Crippen LogP contribution in [0.1, 0.15) is 63.8 Å². The SMILES string of the molecule is C=C(C)C(=O)OC(C)=C(C)Oc1ccc(/C=C/c2ccc(/C=C/c3ccc(OC(C)=C(C)OC(=O)C(=C)C)cc3)cc2)cc1. The summed E-state index contributed by atoms with van der Waals surface area (Å²) in [6.45, 7) is 17.2. The van der Waals surface area contributed by atoms with E-state index in [0.717, 1.165) is 22.3 Å². The van der Waals surface area contributed by atoms with E-state index in [4.69, 9.17) is 18.9 Å². The predicted molar refractivity (Wildman–Crippen MR) is 177 cm³/mol. The van der Waals surface area contributed by atoms with Gasteiger partial charge in [0, 0.05) is 11.1 Å². The summed E-state index contributed by atoms with van der Waals surface area (Å²) in [5.41, 5.74) is 4.85. The van der Waals surface area contributed by atoms with Gasteiger partial charge in [-0.1, -0.05) is 86.0 Å². The minimum absolute atomic E-state index is 0.329. The van der Waals surface area contributed by atoms with Gasteiger partial charge in [-0.25, -0.2) is 9.59 Å². The van der Waals surface area contributed by atoms with Crippen LogP contribution in [0.2, 0.25) is 0 Å². The van der Waals surface area contributed by atoms with Crippen LogP contribution in [-0.4, -0.2) is 11.9 Å². The van der Waals surface area contributed by atoms with E-state index in [-0.39, 0.29) is 0 Å². The van der Waals surface area contributed by atoms with Crippen LogP contribution in [0.15, 0.2) is 120 Å². The third-order valence-electron chi connectivity index (χ3n) is 6.36. The quantitative estimate of drug-likeness (QED) is 0.0905. The van der Waals surface area contributed by atoms with Crippen molar-refractivity contribution in [3.63, 3.8) is 0 Å². The third kappa shape index (κ3) is 10.5. The van der Waals surface area contributed by atoms with Gasteiger partial charge in [0.05, 0.1) is 0 Å². The average molecular weight is 591 g/mol. The summed E-state index contributed by atoms with van der Waals surface area (Å²) in [5.74, 6) is 2.12. The second-order valence-electron chi connectivity index (χ2n) is 10.2. The highest BCUT2D eigenvalue weighted by Crippen LogP contribution is 2.21. The van der Waals surface area contributed by atoms with E-state index in [9.17, 15) is 9.59 Å². The first kappa shape index (κ1) is 33.1. The van der Waals surface area contributed by atoms with Crippen molar-refractivity contribution < 1.29 is 28.5 Å². The summed E-state index contributed by atoms with van der Waals surface area (Å²) in [6, 6.07) is 23.5. The second-order valence-corrected chi connectivity index (χ2v) is 10.2. The van der Waals surface area contributed by atoms with E-state index >= 15 is 0 Å². The van der Waals surface area contributed by atoms with Crippen molar-refractivity contribution in [2.24, 2.45) is 0 Å². The molecule has 6 heteroatoms. The molecule has 0 heterocycles. The average Bonchev–Trinajstić information content (AvgIpc) is 3.00. The zero-order valence-corrected chi connectivity index (χ0v) is 26.1. The molecule has 0 amide bonds. The maximum Gasteiger partial charge on any atom is 0.338 e. The number of allylic oxidation sites excluding steroid dienone is 4. The molecule has 6 nitrogen and oxygen atoms in total. The molecule has 0 fully saturated rings. The topological polar surface area (TPSA) is 71.1 Å². The lowest BCUT2D eigenvalue weighted by Crippen LogP contribution is -2.06. The number of hydrogen-bond acceptors (Lipinski definition) is 6. The number of hydrogen-bond donors (Lipinski definition) is 0. The molecule has 0 aliphatic carbocycles. The summed E-state index contributed by atoms with van der Waals surface area (Å²) in [6.07, 6.45) is 8.16. The monoisotopic (exact) mass is 590 g/mol. The smallest absolute Gasteiger partial charge is 0.338 e. The number of ether oxygens (including phenoxy) is 4. The fourth-order valence-electron chi connectivity index (χ4n) is 3.49. The molecule has 226 valence electrons. The summed E-state index contributed by atoms with van der Waals surface area (Å²) in [4.78, 5) is 23.4. The maximum atomic E-state index is 11.7. The summed E-state index contributed by atoms with van der Waals surface area (Å²) >= 11 is 0. The Labute approximate surface area is 259 Å². The normalized spacial score (nSPS) is 12.3. The van der Waals surface area contributed by atoms with E-state index in [1.54, 1.807) is 41.5 Å². The Kier molecular flexibility index (Phi) is 11.9. The highest BCUT2D eigenvalue weighted by Gasteiger charge is 2.10. The second kappa shape index (κ2) is 15.8. The molecule has 0 spiro atoms. The van der Waals surface area contributed by atoms with Gasteiger partial charge in [0.1, 0.15) is 34.5 Å². The number of esters is 2. The zero-order valence-electron chi connectivity index (χ0n) is 26.1. The largest absolute Gasteiger partial charge is 0.459 e. The Morgan fingerprint density at radius 1 is 0.455 bits per heavy atom. The van der Waals surface area contributed by atoms with Crippen LogP contribution in [0.5, 0.6) is 11.5 Å². The summed E-state index contributed by atoms with van der Waals surface area (Å²) in [7, 11) is 0. The van der Waals surface area contributed by atoms with Crippen molar-refractivity contribution in [3.8, 4) is 11.5 Å². The van der Waals surface area contributed by atoms with Gasteiger partial charge in [-0.3, -0.25) is 0 Å². The van der Waals surface area contributed by atoms with Crippen molar-refractivity contribution >= 4 is 36.2 Å². The van der Waals surface area contributed by atoms with Gasteiger partial charge in [-0.05, 0) is 88.1 Å². The van der Waals surface area contributed by atoms with Crippen molar-refractivity contribution in [2.45, 2.75) is 41.5 Å². The number of rotatable bonds is 12. The first-order chi connectivity index (χ1) is 20.9. The Morgan fingerprint density at radius 3 is 0.955 bits per heavy atom. The van der Waals surface area contributed by atoms with Crippen molar-refractivity contribution in [1.29, 1.82) is 0 Å². The lowest BCUT2D eigenvalue weighted by atomic mass is 10.1. The van der Waals surface area contributed by atoms with Gasteiger partial charge >= 0.3 is 11.9 Å². The number of carbonyl (C=O) groups excluding carboxylic acids is 2. The molecule has 3 aromatic carbocycles. The van der Waals surface area contributed by atoms with E-state index in [0.29, 0.717) is 45.7 Å². The van der Waals surface area contributed by atoms with Crippen molar-refractivity contribution in [3.05, 3.63) is 142 Å². The molecule has 3 rings (SSSR count). The molecule has 0 atom stereocenters. The van der Waals surface area contributed by atoms with Crippen LogP contribution in [0, 0.1) is 0 Å². The van der Waals surface area contributed by atoms with E-state index in [1.807, 2.05) is 72.8 Å². The Balaban J connectivity index is 1.54. The molecule has 0 saturated carbocycles. The van der Waals surface area contributed by atoms with Crippen LogP contribution in [-0.2, 0) is 19.1 Å². The van der Waals surface area contributed by atoms with Crippen LogP contribution < -0.4 is 9.47 Å². The van der Waals surface area contributed by atoms with Crippen molar-refractivity contribution in [2.75, 3.05) is 0 Å². The molecule has 0 bridgehead atoms. The minimum atomic E-state index is -0.478. The number of benzene rings is 3. The summed E-state index contributed by atoms with van der Waals surface area (Å²) in [5, 5.41) is 0. The molecule has 0 unspecified atom stereocenters. The van der Waals surface area contributed by atoms with Crippen molar-refractivity contribution in [1.82, 2.24) is 0 Å². The maximum absolute atomic E-state index is 11.7. The molecule has 3 aromatic rings. The lowest BCUT2D eigenvalue weighted by Gasteiger charge is -2.10. The van der Waals surface area contributed by atoms with Gasteiger partial charge in [0.2, 0.25) is 0 Å². The Hall–Kier alpha value is -5.36. The first-order valence-electron chi connectivity index (χ1n) is 14.0. The van der Waals surface area contributed by atoms with Crippen LogP contribution in [0.3, 0.4) is 0 Å². The lowest BCUT2D eigenvalue weighted by molar-refractivity contribution is -0.136. The van der Waals surface area contributed by atoms with Crippen LogP contribution in [0.25, 0.3) is 24.3 Å². The van der Waals surface area contributed by atoms with Gasteiger partial charge in [-0.2, -0.15) is 0 Å². The van der Waals surface area contributed by atoms with Gasteiger partial charge in [-0.15, -0.1) is 0 Å². The highest BCUT2D eigenvalue weighted by molar-refractivity contribution is 5.88. The molecule has 44 heavy (non-hydrogen) atoms. The highest BCUT2D eigenvalue weighted by atomic mass is 16.6. The van der Waals surface area contributed by atoms with Crippen LogP contribution in [0.4, 0.5) is 0 Å². The standard InChI is InChI=1S/C38H38O6/c1-25(2)37(39)43-29(7)27(5)41-35-21-17-33(18-22-35)15-13-31-9-11-32(12-10-31)14-16-34-19-23-36(24-20-34)42-28(6)30(8)44-38(40)26(3)4/h9-24H,1,3H2,2,4-8H3/b15-13+,16-14+,29-27?,30-28?. The molecule has 0 saturated heterocycles. The van der Waals surface area contributed by atoms with Gasteiger partial charge in [0.25, 0.3) is 0 Å². The Morgan fingerprint density at radius 2 is 0.705 bits per heavy atom. The molecule has 0 N–H and O–H groups in total. The number of carbonyl (C=O) groups is 2. The Bertz CT molecular complexity index is 1510. The molecule has 0 radical (unpaired) electrons. The van der Waals surface area contributed by atoms with Crippen LogP contribution >= 0.6 is 0 Å². The molecular formula is C38H38O6. The molecule has 0 aliphatic heterocycles. The van der Waals surface area contributed by atoms with E-state index in [2.05, 4.69) is 37.4 Å². The van der Waals surface area contributed by atoms with Gasteiger partial charge < -0.3 is 18.9 Å². The molecule has 0 aromatic heterocycles. The zero-order chi connectivity index (χ0) is 32.2. The van der Waals surface area contributed by atoms with E-state index < -0.39 is 11.9 Å².